The van der Waals surface area contributed by atoms with Gasteiger partial charge in [-0.2, -0.15) is 5.10 Å². The van der Waals surface area contributed by atoms with Gasteiger partial charge in [-0.05, 0) is 25.1 Å². The molecule has 0 saturated heterocycles. The first kappa shape index (κ1) is 18.6. The van der Waals surface area contributed by atoms with Gasteiger partial charge in [-0.25, -0.2) is 9.48 Å². The second-order valence-electron chi connectivity index (χ2n) is 6.19. The topological polar surface area (TPSA) is 85.2 Å². The third-order valence-corrected chi connectivity index (χ3v) is 4.18. The highest BCUT2D eigenvalue weighted by Crippen LogP contribution is 2.13. The second-order valence-corrected chi connectivity index (χ2v) is 6.19. The highest BCUT2D eigenvalue weighted by molar-refractivity contribution is 5.89. The monoisotopic (exact) mass is 366 g/mol. The van der Waals surface area contributed by atoms with Crippen LogP contribution < -0.4 is 16.2 Å². The fourth-order valence-corrected chi connectivity index (χ4v) is 2.74. The second kappa shape index (κ2) is 8.46. The number of nitrogens with one attached hydrogen (secondary N) is 2. The summed E-state index contributed by atoms with van der Waals surface area (Å²) in [7, 11) is 1.57. The van der Waals surface area contributed by atoms with Crippen LogP contribution >= 0.6 is 0 Å². The predicted molar refractivity (Wildman–Crippen MR) is 105 cm³/mol. The normalized spacial score (nSPS) is 10.7. The molecule has 0 saturated carbocycles. The number of anilines is 1. The van der Waals surface area contributed by atoms with Crippen LogP contribution in [0.4, 0.5) is 10.5 Å². The summed E-state index contributed by atoms with van der Waals surface area (Å²) in [6.45, 7) is 2.92. The van der Waals surface area contributed by atoms with Crippen LogP contribution in [0, 0.1) is 6.92 Å². The van der Waals surface area contributed by atoms with E-state index in [-0.39, 0.29) is 18.1 Å². The number of fused-ring (bicyclic) bond motifs is 1. The van der Waals surface area contributed by atoms with Crippen molar-refractivity contribution in [2.45, 2.75) is 20.0 Å². The first-order valence-corrected chi connectivity index (χ1v) is 8.67. The summed E-state index contributed by atoms with van der Waals surface area (Å²) < 4.78 is 6.42. The maximum absolute atomic E-state index is 12.5. The first-order chi connectivity index (χ1) is 13.1. The Kier molecular flexibility index (Phi) is 5.83. The van der Waals surface area contributed by atoms with Gasteiger partial charge in [0.2, 0.25) is 0 Å². The van der Waals surface area contributed by atoms with Crippen molar-refractivity contribution < 1.29 is 9.53 Å². The summed E-state index contributed by atoms with van der Waals surface area (Å²) in [5.74, 6) is 0. The molecule has 0 unspecified atom stereocenters. The Hall–Kier alpha value is -3.19. The van der Waals surface area contributed by atoms with Gasteiger partial charge in [0.05, 0.1) is 30.8 Å². The van der Waals surface area contributed by atoms with E-state index in [1.807, 2.05) is 49.4 Å². The molecule has 2 N–H and O–H groups in total. The summed E-state index contributed by atoms with van der Waals surface area (Å²) in [6.07, 6.45) is 0. The molecule has 1 aromatic heterocycles. The fourth-order valence-electron chi connectivity index (χ4n) is 2.74. The largest absolute Gasteiger partial charge is 0.383 e. The molecule has 140 valence electrons. The average Bonchev–Trinajstić information content (AvgIpc) is 2.68. The number of benzene rings is 2. The number of aryl methyl sites for hydroxylation is 1. The molecule has 7 heteroatoms. The van der Waals surface area contributed by atoms with E-state index in [0.29, 0.717) is 29.9 Å². The molecular weight excluding hydrogens is 344 g/mol. The zero-order valence-electron chi connectivity index (χ0n) is 15.4. The minimum atomic E-state index is -0.334. The molecule has 2 amide bonds. The number of ether oxygens (including phenoxy) is 1. The average molecular weight is 366 g/mol. The van der Waals surface area contributed by atoms with Crippen LogP contribution in [0.15, 0.2) is 53.3 Å². The van der Waals surface area contributed by atoms with Crippen molar-refractivity contribution in [3.8, 4) is 0 Å². The summed E-state index contributed by atoms with van der Waals surface area (Å²) in [5.41, 5.74) is 2.28. The zero-order valence-corrected chi connectivity index (χ0v) is 15.4. The van der Waals surface area contributed by atoms with E-state index in [1.165, 1.54) is 4.68 Å². The highest BCUT2D eigenvalue weighted by atomic mass is 16.5. The van der Waals surface area contributed by atoms with Crippen LogP contribution in [0.5, 0.6) is 0 Å². The molecule has 0 atom stereocenters. The Balaban J connectivity index is 1.79. The highest BCUT2D eigenvalue weighted by Gasteiger charge is 2.11. The van der Waals surface area contributed by atoms with Crippen LogP contribution in [-0.4, -0.2) is 29.5 Å². The van der Waals surface area contributed by atoms with Crippen LogP contribution in [0.25, 0.3) is 10.8 Å². The number of amides is 2. The Morgan fingerprint density at radius 2 is 1.81 bits per heavy atom. The Morgan fingerprint density at radius 1 is 1.11 bits per heavy atom. The van der Waals surface area contributed by atoms with Crippen molar-refractivity contribution in [1.29, 1.82) is 0 Å². The molecule has 0 bridgehead atoms. The van der Waals surface area contributed by atoms with Crippen LogP contribution in [0.2, 0.25) is 0 Å². The van der Waals surface area contributed by atoms with E-state index in [9.17, 15) is 9.59 Å². The Bertz CT molecular complexity index is 996. The van der Waals surface area contributed by atoms with E-state index >= 15 is 0 Å². The number of carbonyl (C=O) groups is 1. The van der Waals surface area contributed by atoms with Gasteiger partial charge >= 0.3 is 6.03 Å². The Labute approximate surface area is 157 Å². The minimum Gasteiger partial charge on any atom is -0.383 e. The van der Waals surface area contributed by atoms with Gasteiger partial charge in [0, 0.05) is 18.2 Å². The predicted octanol–water partition coefficient (Wildman–Crippen LogP) is 2.67. The van der Waals surface area contributed by atoms with Gasteiger partial charge < -0.3 is 15.4 Å². The van der Waals surface area contributed by atoms with E-state index in [4.69, 9.17) is 4.74 Å². The molecule has 27 heavy (non-hydrogen) atoms. The van der Waals surface area contributed by atoms with Gasteiger partial charge in [-0.15, -0.1) is 0 Å². The van der Waals surface area contributed by atoms with E-state index in [2.05, 4.69) is 15.7 Å². The summed E-state index contributed by atoms with van der Waals surface area (Å²) in [5, 5.41) is 11.3. The third-order valence-electron chi connectivity index (χ3n) is 4.18. The molecule has 0 spiro atoms. The first-order valence-electron chi connectivity index (χ1n) is 8.67. The van der Waals surface area contributed by atoms with Gasteiger partial charge in [-0.1, -0.05) is 35.9 Å². The standard InChI is InChI=1S/C20H22N4O3/c1-14-7-9-15(10-8-14)22-20(26)21-13-18-16-5-3-4-6-17(16)19(25)24(23-18)11-12-27-2/h3-10H,11-13H2,1-2H3,(H2,21,22,26). The molecule has 0 radical (unpaired) electrons. The van der Waals surface area contributed by atoms with Gasteiger partial charge in [0.15, 0.2) is 0 Å². The van der Waals surface area contributed by atoms with Crippen molar-refractivity contribution in [3.63, 3.8) is 0 Å². The quantitative estimate of drug-likeness (QED) is 0.702. The number of hydrogen-bond donors (Lipinski definition) is 2. The number of methoxy groups -OCH3 is 1. The van der Waals surface area contributed by atoms with Gasteiger partial charge in [-0.3, -0.25) is 4.79 Å². The van der Waals surface area contributed by atoms with E-state index in [0.717, 1.165) is 10.9 Å². The van der Waals surface area contributed by atoms with Crippen molar-refractivity contribution in [1.82, 2.24) is 15.1 Å². The van der Waals surface area contributed by atoms with Crippen molar-refractivity contribution in [2.24, 2.45) is 0 Å². The van der Waals surface area contributed by atoms with Crippen molar-refractivity contribution in [2.75, 3.05) is 19.0 Å². The van der Waals surface area contributed by atoms with Gasteiger partial charge in [0.1, 0.15) is 0 Å². The molecule has 0 aliphatic rings. The number of urea groups is 1. The molecule has 3 aromatic rings. The number of hydrogen-bond acceptors (Lipinski definition) is 4. The lowest BCUT2D eigenvalue weighted by Gasteiger charge is -2.12. The SMILES string of the molecule is COCCn1nc(CNC(=O)Nc2ccc(C)cc2)c2ccccc2c1=O. The zero-order chi connectivity index (χ0) is 19.2. The van der Waals surface area contributed by atoms with Crippen LogP contribution in [0.1, 0.15) is 11.3 Å². The summed E-state index contributed by atoms with van der Waals surface area (Å²) in [6, 6.07) is 14.5. The number of nitrogens with zero attached hydrogens (tertiary/aromatic N) is 2. The lowest BCUT2D eigenvalue weighted by Crippen LogP contribution is -2.31. The summed E-state index contributed by atoms with van der Waals surface area (Å²) >= 11 is 0. The molecule has 3 rings (SSSR count). The molecule has 0 aliphatic carbocycles. The molecule has 2 aromatic carbocycles. The van der Waals surface area contributed by atoms with Crippen LogP contribution in [0.3, 0.4) is 0 Å². The molecule has 0 aliphatic heterocycles. The molecule has 1 heterocycles. The molecule has 7 nitrogen and oxygen atoms in total. The Morgan fingerprint density at radius 3 is 2.52 bits per heavy atom. The molecular formula is C20H22N4O3. The third kappa shape index (κ3) is 4.51. The number of rotatable bonds is 6. The van der Waals surface area contributed by atoms with Crippen molar-refractivity contribution in [3.05, 3.63) is 70.1 Å². The van der Waals surface area contributed by atoms with Crippen molar-refractivity contribution >= 4 is 22.5 Å². The number of carbonyl (C=O) groups excluding carboxylic acids is 1. The lowest BCUT2D eigenvalue weighted by molar-refractivity contribution is 0.181. The minimum absolute atomic E-state index is 0.171. The lowest BCUT2D eigenvalue weighted by atomic mass is 10.1. The maximum atomic E-state index is 12.5. The van der Waals surface area contributed by atoms with E-state index in [1.54, 1.807) is 13.2 Å². The van der Waals surface area contributed by atoms with E-state index < -0.39 is 0 Å². The maximum Gasteiger partial charge on any atom is 0.319 e. The molecule has 0 fully saturated rings. The smallest absolute Gasteiger partial charge is 0.319 e. The van der Waals surface area contributed by atoms with Crippen LogP contribution in [-0.2, 0) is 17.8 Å². The summed E-state index contributed by atoms with van der Waals surface area (Å²) in [4.78, 5) is 24.7. The fraction of sp³-hybridized carbons (Fsp3) is 0.250. The number of aromatic nitrogens is 2. The van der Waals surface area contributed by atoms with Gasteiger partial charge in [0.25, 0.3) is 5.56 Å².